The molecule has 1 unspecified atom stereocenters. The lowest BCUT2D eigenvalue weighted by Gasteiger charge is -2.30. The second-order valence-electron chi connectivity index (χ2n) is 4.63. The number of aliphatic carboxylic acids is 1. The molecule has 1 saturated carbocycles. The maximum absolute atomic E-state index is 11.4. The highest BCUT2D eigenvalue weighted by Gasteiger charge is 2.48. The zero-order valence-corrected chi connectivity index (χ0v) is 9.47. The number of rotatable bonds is 3. The van der Waals surface area contributed by atoms with Crippen LogP contribution in [0.1, 0.15) is 37.4 Å². The molecule has 0 amide bonds. The van der Waals surface area contributed by atoms with Crippen LogP contribution in [0.25, 0.3) is 0 Å². The summed E-state index contributed by atoms with van der Waals surface area (Å²) in [5.74, 6) is -1.03. The summed E-state index contributed by atoms with van der Waals surface area (Å²) in [7, 11) is 0. The normalized spacial score (nSPS) is 20.1. The predicted octanol–water partition coefficient (Wildman–Crippen LogP) is 2.07. The highest BCUT2D eigenvalue weighted by Crippen LogP contribution is 2.49. The first kappa shape index (κ1) is 11.9. The van der Waals surface area contributed by atoms with Gasteiger partial charge in [0.1, 0.15) is 5.75 Å². The summed E-state index contributed by atoms with van der Waals surface area (Å²) in [5.41, 5.74) is -0.837. The number of carboxylic acids is 1. The third-order valence-corrected chi connectivity index (χ3v) is 3.68. The Morgan fingerprint density at radius 3 is 2.35 bits per heavy atom. The van der Waals surface area contributed by atoms with E-state index in [0.29, 0.717) is 18.4 Å². The van der Waals surface area contributed by atoms with Crippen molar-refractivity contribution in [1.29, 1.82) is 0 Å². The van der Waals surface area contributed by atoms with Gasteiger partial charge >= 0.3 is 5.97 Å². The van der Waals surface area contributed by atoms with Gasteiger partial charge in [-0.3, -0.25) is 4.79 Å². The van der Waals surface area contributed by atoms with E-state index in [1.807, 2.05) is 0 Å². The Morgan fingerprint density at radius 1 is 1.24 bits per heavy atom. The molecule has 4 nitrogen and oxygen atoms in total. The van der Waals surface area contributed by atoms with Crippen LogP contribution in [0.2, 0.25) is 0 Å². The van der Waals surface area contributed by atoms with Gasteiger partial charge in [-0.15, -0.1) is 0 Å². The number of phenols is 1. The summed E-state index contributed by atoms with van der Waals surface area (Å²) in [5, 5.41) is 29.3. The Balaban J connectivity index is 2.38. The van der Waals surface area contributed by atoms with E-state index in [4.69, 9.17) is 0 Å². The maximum atomic E-state index is 11.4. The van der Waals surface area contributed by atoms with Gasteiger partial charge in [0, 0.05) is 5.56 Å². The van der Waals surface area contributed by atoms with Gasteiger partial charge in [0.2, 0.25) is 0 Å². The molecule has 0 spiro atoms. The van der Waals surface area contributed by atoms with E-state index in [-0.39, 0.29) is 5.75 Å². The van der Waals surface area contributed by atoms with Crippen LogP contribution in [0.15, 0.2) is 24.3 Å². The van der Waals surface area contributed by atoms with E-state index < -0.39 is 17.5 Å². The predicted molar refractivity (Wildman–Crippen MR) is 61.6 cm³/mol. The summed E-state index contributed by atoms with van der Waals surface area (Å²) in [6.07, 6.45) is 1.37. The van der Waals surface area contributed by atoms with Crippen LogP contribution in [0.5, 0.6) is 5.75 Å². The van der Waals surface area contributed by atoms with Crippen LogP contribution < -0.4 is 0 Å². The molecule has 0 aliphatic heterocycles. The smallest absolute Gasteiger partial charge is 0.312 e. The van der Waals surface area contributed by atoms with Crippen LogP contribution >= 0.6 is 0 Å². The van der Waals surface area contributed by atoms with Gasteiger partial charge in [-0.2, -0.15) is 0 Å². The third-order valence-electron chi connectivity index (χ3n) is 3.68. The summed E-state index contributed by atoms with van der Waals surface area (Å²) in [4.78, 5) is 11.4. The minimum absolute atomic E-state index is 0.0486. The second kappa shape index (κ2) is 4.37. The van der Waals surface area contributed by atoms with Crippen LogP contribution in [0.3, 0.4) is 0 Å². The lowest BCUT2D eigenvalue weighted by molar-refractivity contribution is -0.156. The molecule has 0 bridgehead atoms. The number of para-hydroxylation sites is 1. The summed E-state index contributed by atoms with van der Waals surface area (Å²) in [6.45, 7) is 0. The van der Waals surface area contributed by atoms with E-state index in [9.17, 15) is 20.1 Å². The summed E-state index contributed by atoms with van der Waals surface area (Å²) >= 11 is 0. The number of carboxylic acid groups (broad SMARTS) is 1. The molecule has 0 heterocycles. The molecule has 1 aliphatic rings. The average Bonchev–Trinajstić information content (AvgIpc) is 2.79. The number of aliphatic hydroxyl groups excluding tert-OH is 1. The van der Waals surface area contributed by atoms with Gasteiger partial charge in [0.15, 0.2) is 0 Å². The van der Waals surface area contributed by atoms with E-state index in [2.05, 4.69) is 0 Å². The summed E-state index contributed by atoms with van der Waals surface area (Å²) in [6, 6.07) is 6.36. The number of phenolic OH excluding ortho intramolecular Hbond substituents is 1. The first-order valence-corrected chi connectivity index (χ1v) is 5.77. The standard InChI is InChI=1S/C13H16O4/c14-10-6-2-1-5-9(10)11(15)13(12(16)17)7-3-4-8-13/h1-2,5-6,11,14-15H,3-4,7-8H2,(H,16,17). The first-order valence-electron chi connectivity index (χ1n) is 5.77. The minimum Gasteiger partial charge on any atom is -0.508 e. The van der Waals surface area contributed by atoms with Crippen molar-refractivity contribution < 1.29 is 20.1 Å². The van der Waals surface area contributed by atoms with Crippen LogP contribution in [-0.4, -0.2) is 21.3 Å². The lowest BCUT2D eigenvalue weighted by Crippen LogP contribution is -2.34. The van der Waals surface area contributed by atoms with Gasteiger partial charge in [-0.05, 0) is 18.9 Å². The van der Waals surface area contributed by atoms with Gasteiger partial charge in [-0.25, -0.2) is 0 Å². The molecule has 1 aromatic rings. The molecule has 1 fully saturated rings. The van der Waals surface area contributed by atoms with Crippen molar-refractivity contribution in [3.8, 4) is 5.75 Å². The SMILES string of the molecule is O=C(O)C1(C(O)c2ccccc2O)CCCC1. The minimum atomic E-state index is -1.15. The fourth-order valence-electron chi connectivity index (χ4n) is 2.63. The Labute approximate surface area is 99.5 Å². The molecule has 3 N–H and O–H groups in total. The Hall–Kier alpha value is -1.55. The maximum Gasteiger partial charge on any atom is 0.312 e. The number of benzene rings is 1. The second-order valence-corrected chi connectivity index (χ2v) is 4.63. The van der Waals surface area contributed by atoms with Gasteiger partial charge in [0.25, 0.3) is 0 Å². The lowest BCUT2D eigenvalue weighted by atomic mass is 9.77. The van der Waals surface area contributed by atoms with Gasteiger partial charge in [-0.1, -0.05) is 31.0 Å². The van der Waals surface area contributed by atoms with Crippen LogP contribution in [0, 0.1) is 5.41 Å². The molecule has 2 rings (SSSR count). The third kappa shape index (κ3) is 1.89. The number of carbonyl (C=O) groups is 1. The van der Waals surface area contributed by atoms with Crippen LogP contribution in [-0.2, 0) is 4.79 Å². The Kier molecular flexibility index (Phi) is 3.07. The molecule has 0 aromatic heterocycles. The highest BCUT2D eigenvalue weighted by atomic mass is 16.4. The number of aliphatic hydroxyl groups is 1. The van der Waals surface area contributed by atoms with E-state index >= 15 is 0 Å². The molecule has 4 heteroatoms. The molecular weight excluding hydrogens is 220 g/mol. The van der Waals surface area contributed by atoms with Gasteiger partial charge in [0.05, 0.1) is 11.5 Å². The Bertz CT molecular complexity index is 421. The molecule has 92 valence electrons. The van der Waals surface area contributed by atoms with Crippen LogP contribution in [0.4, 0.5) is 0 Å². The molecule has 0 radical (unpaired) electrons. The average molecular weight is 236 g/mol. The van der Waals surface area contributed by atoms with E-state index in [1.165, 1.54) is 6.07 Å². The number of aromatic hydroxyl groups is 1. The van der Waals surface area contributed by atoms with E-state index in [1.54, 1.807) is 18.2 Å². The number of hydrogen-bond acceptors (Lipinski definition) is 3. The molecular formula is C13H16O4. The van der Waals surface area contributed by atoms with Crippen molar-refractivity contribution >= 4 is 5.97 Å². The first-order chi connectivity index (χ1) is 8.08. The molecule has 1 aliphatic carbocycles. The number of hydrogen-bond donors (Lipinski definition) is 3. The van der Waals surface area contributed by atoms with Crippen molar-refractivity contribution in [3.05, 3.63) is 29.8 Å². The highest BCUT2D eigenvalue weighted by molar-refractivity contribution is 5.76. The topological polar surface area (TPSA) is 77.8 Å². The fraction of sp³-hybridized carbons (Fsp3) is 0.462. The van der Waals surface area contributed by atoms with Crippen molar-refractivity contribution in [2.45, 2.75) is 31.8 Å². The Morgan fingerprint density at radius 2 is 1.82 bits per heavy atom. The zero-order chi connectivity index (χ0) is 12.5. The summed E-state index contributed by atoms with van der Waals surface area (Å²) < 4.78 is 0. The monoisotopic (exact) mass is 236 g/mol. The molecule has 0 saturated heterocycles. The van der Waals surface area contributed by atoms with E-state index in [0.717, 1.165) is 12.8 Å². The van der Waals surface area contributed by atoms with Crippen molar-refractivity contribution in [3.63, 3.8) is 0 Å². The largest absolute Gasteiger partial charge is 0.508 e. The molecule has 1 aromatic carbocycles. The quantitative estimate of drug-likeness (QED) is 0.750. The molecule has 17 heavy (non-hydrogen) atoms. The van der Waals surface area contributed by atoms with Crippen molar-refractivity contribution in [2.24, 2.45) is 5.41 Å². The van der Waals surface area contributed by atoms with Gasteiger partial charge < -0.3 is 15.3 Å². The van der Waals surface area contributed by atoms with Crippen molar-refractivity contribution in [2.75, 3.05) is 0 Å². The van der Waals surface area contributed by atoms with Crippen molar-refractivity contribution in [1.82, 2.24) is 0 Å². The molecule has 1 atom stereocenters. The fourth-order valence-corrected chi connectivity index (χ4v) is 2.63. The zero-order valence-electron chi connectivity index (χ0n) is 9.47.